The smallest absolute Gasteiger partial charge is 0.291 e. The van der Waals surface area contributed by atoms with E-state index in [0.29, 0.717) is 0 Å². The van der Waals surface area contributed by atoms with Gasteiger partial charge < -0.3 is 10.4 Å². The van der Waals surface area contributed by atoms with Crippen LogP contribution >= 0.6 is 0 Å². The number of rotatable bonds is 1. The minimum atomic E-state index is -1.50. The van der Waals surface area contributed by atoms with Gasteiger partial charge in [0.2, 0.25) is 0 Å². The molecule has 2 aromatic heterocycles. The molecule has 11 heteroatoms. The van der Waals surface area contributed by atoms with Gasteiger partial charge in [0, 0.05) is 29.5 Å². The molecule has 0 saturated heterocycles. The van der Waals surface area contributed by atoms with Crippen LogP contribution in [0.1, 0.15) is 0 Å². The molecular formula is C10H10CuN4O6. The predicted octanol–water partition coefficient (Wildman–Crippen LogP) is 1.45. The molecule has 2 heterocycles. The molecule has 1 radical (unpaired) electrons. The molecular weight excluding hydrogens is 336 g/mol. The van der Waals surface area contributed by atoms with Crippen molar-refractivity contribution in [3.05, 3.63) is 69.0 Å². The molecule has 10 nitrogen and oxygen atoms in total. The van der Waals surface area contributed by atoms with Gasteiger partial charge in [-0.3, -0.25) is 9.97 Å². The van der Waals surface area contributed by atoms with Crippen molar-refractivity contribution >= 4 is 0 Å². The summed E-state index contributed by atoms with van der Waals surface area (Å²) < 4.78 is 0. The van der Waals surface area contributed by atoms with Gasteiger partial charge in [-0.25, -0.2) is 0 Å². The summed E-state index contributed by atoms with van der Waals surface area (Å²) in [5, 5.41) is 27.3. The number of nitrogens with zero attached hydrogens (tertiary/aromatic N) is 4. The summed E-state index contributed by atoms with van der Waals surface area (Å²) in [6.45, 7) is 0. The number of aromatic nitrogens is 2. The van der Waals surface area contributed by atoms with Crippen molar-refractivity contribution in [1.82, 2.24) is 9.97 Å². The summed E-state index contributed by atoms with van der Waals surface area (Å²) in [5.41, 5.74) is 1.83. The number of hydrogen-bond acceptors (Lipinski definition) is 6. The van der Waals surface area contributed by atoms with Crippen LogP contribution in [0.2, 0.25) is 0 Å². The molecule has 0 aliphatic heterocycles. The van der Waals surface area contributed by atoms with E-state index in [0.717, 1.165) is 11.4 Å². The van der Waals surface area contributed by atoms with E-state index in [1.54, 1.807) is 12.4 Å². The largest absolute Gasteiger partial charge is 0.328 e. The summed E-state index contributed by atoms with van der Waals surface area (Å²) in [7, 11) is 0. The van der Waals surface area contributed by atoms with E-state index in [1.807, 2.05) is 36.4 Å². The number of pyridine rings is 2. The molecule has 0 atom stereocenters. The minimum Gasteiger partial charge on any atom is -0.328 e. The van der Waals surface area contributed by atoms with Crippen molar-refractivity contribution in [2.24, 2.45) is 0 Å². The van der Waals surface area contributed by atoms with Gasteiger partial charge in [-0.15, -0.1) is 20.2 Å². The Bertz CT molecular complexity index is 470. The van der Waals surface area contributed by atoms with Crippen molar-refractivity contribution in [2.75, 3.05) is 0 Å². The Hall–Kier alpha value is -2.78. The molecule has 2 N–H and O–H groups in total. The topological polar surface area (TPSA) is 153 Å². The second-order valence-corrected chi connectivity index (χ2v) is 2.91. The van der Waals surface area contributed by atoms with E-state index in [-0.39, 0.29) is 17.1 Å². The molecule has 0 fully saturated rings. The molecule has 0 saturated carbocycles. The van der Waals surface area contributed by atoms with Crippen LogP contribution in [-0.2, 0) is 17.1 Å². The Morgan fingerprint density at radius 2 is 1.10 bits per heavy atom. The molecule has 0 aromatic carbocycles. The molecule has 0 spiro atoms. The van der Waals surface area contributed by atoms with Crippen molar-refractivity contribution in [2.45, 2.75) is 0 Å². The first-order valence-corrected chi connectivity index (χ1v) is 4.92. The van der Waals surface area contributed by atoms with Gasteiger partial charge in [0.15, 0.2) is 0 Å². The SMILES string of the molecule is O=[N+]([O-])O.O=[N+]([O-])O.[Cu].c1ccc(-c2ccccn2)nc1. The van der Waals surface area contributed by atoms with Crippen LogP contribution in [0.5, 0.6) is 0 Å². The number of hydrogen-bond donors (Lipinski definition) is 2. The van der Waals surface area contributed by atoms with Crippen LogP contribution in [0, 0.1) is 20.2 Å². The average molecular weight is 346 g/mol. The zero-order valence-electron chi connectivity index (χ0n) is 10.2. The predicted molar refractivity (Wildman–Crippen MR) is 65.0 cm³/mol. The first kappa shape index (κ1) is 20.5. The third-order valence-corrected chi connectivity index (χ3v) is 1.59. The van der Waals surface area contributed by atoms with Gasteiger partial charge in [-0.05, 0) is 24.3 Å². The summed E-state index contributed by atoms with van der Waals surface area (Å²) in [6, 6.07) is 11.6. The molecule has 0 aliphatic rings. The van der Waals surface area contributed by atoms with E-state index >= 15 is 0 Å². The molecule has 0 aliphatic carbocycles. The summed E-state index contributed by atoms with van der Waals surface area (Å²) in [4.78, 5) is 25.1. The normalized spacial score (nSPS) is 7.81. The van der Waals surface area contributed by atoms with Gasteiger partial charge in [0.1, 0.15) is 0 Å². The van der Waals surface area contributed by atoms with Gasteiger partial charge in [-0.1, -0.05) is 12.1 Å². The fourth-order valence-electron chi connectivity index (χ4n) is 1.03. The maximum atomic E-state index is 8.36. The zero-order chi connectivity index (χ0) is 15.4. The van der Waals surface area contributed by atoms with Gasteiger partial charge in [0.05, 0.1) is 11.4 Å². The maximum Gasteiger partial charge on any atom is 0.291 e. The van der Waals surface area contributed by atoms with Crippen LogP contribution in [0.4, 0.5) is 0 Å². The maximum absolute atomic E-state index is 8.36. The van der Waals surface area contributed by atoms with Crippen molar-refractivity contribution < 1.29 is 37.7 Å². The Morgan fingerprint density at radius 3 is 1.29 bits per heavy atom. The molecule has 0 amide bonds. The standard InChI is InChI=1S/C10H8N2.Cu.2HNO3/c1-3-7-11-9(5-1)10-6-2-4-8-12-10;;2*2-1(3)4/h1-8H;;2*(H,2,3,4). The Labute approximate surface area is 128 Å². The molecule has 2 aromatic rings. The zero-order valence-corrected chi connectivity index (χ0v) is 11.2. The monoisotopic (exact) mass is 345 g/mol. The van der Waals surface area contributed by atoms with E-state index < -0.39 is 10.2 Å². The quantitative estimate of drug-likeness (QED) is 0.447. The van der Waals surface area contributed by atoms with E-state index in [4.69, 9.17) is 30.6 Å². The first-order chi connectivity index (χ1) is 9.43. The molecule has 117 valence electrons. The molecule has 0 bridgehead atoms. The minimum absolute atomic E-state index is 0. The first-order valence-electron chi connectivity index (χ1n) is 4.92. The van der Waals surface area contributed by atoms with Crippen LogP contribution in [0.25, 0.3) is 11.4 Å². The van der Waals surface area contributed by atoms with Gasteiger partial charge in [-0.2, -0.15) is 0 Å². The fraction of sp³-hybridized carbons (Fsp3) is 0. The van der Waals surface area contributed by atoms with Gasteiger partial charge >= 0.3 is 0 Å². The van der Waals surface area contributed by atoms with E-state index in [9.17, 15) is 0 Å². The van der Waals surface area contributed by atoms with Gasteiger partial charge in [0.25, 0.3) is 10.2 Å². The Balaban J connectivity index is 0. The van der Waals surface area contributed by atoms with Crippen molar-refractivity contribution in [3.8, 4) is 11.4 Å². The van der Waals surface area contributed by atoms with Crippen molar-refractivity contribution in [1.29, 1.82) is 0 Å². The third kappa shape index (κ3) is 13.5. The van der Waals surface area contributed by atoms with E-state index in [1.165, 1.54) is 0 Å². The Morgan fingerprint density at radius 1 is 0.810 bits per heavy atom. The molecule has 0 unspecified atom stereocenters. The fourth-order valence-corrected chi connectivity index (χ4v) is 1.03. The average Bonchev–Trinajstić information content (AvgIpc) is 2.39. The molecule has 2 rings (SSSR count). The van der Waals surface area contributed by atoms with Crippen LogP contribution < -0.4 is 0 Å². The molecule has 21 heavy (non-hydrogen) atoms. The summed E-state index contributed by atoms with van der Waals surface area (Å²) >= 11 is 0. The third-order valence-electron chi connectivity index (χ3n) is 1.59. The second kappa shape index (κ2) is 12.3. The van der Waals surface area contributed by atoms with Crippen LogP contribution in [0.3, 0.4) is 0 Å². The Kier molecular flexibility index (Phi) is 12.0. The van der Waals surface area contributed by atoms with Crippen LogP contribution in [-0.4, -0.2) is 30.6 Å². The summed E-state index contributed by atoms with van der Waals surface area (Å²) in [6.07, 6.45) is 3.54. The summed E-state index contributed by atoms with van der Waals surface area (Å²) in [5.74, 6) is 0. The second-order valence-electron chi connectivity index (χ2n) is 2.91. The van der Waals surface area contributed by atoms with E-state index in [2.05, 4.69) is 9.97 Å². The van der Waals surface area contributed by atoms with Crippen molar-refractivity contribution in [3.63, 3.8) is 0 Å². The van der Waals surface area contributed by atoms with Crippen LogP contribution in [0.15, 0.2) is 48.8 Å².